The summed E-state index contributed by atoms with van der Waals surface area (Å²) in [6.07, 6.45) is 1.40. The number of rotatable bonds is 5. The number of halogens is 1. The van der Waals surface area contributed by atoms with E-state index in [0.29, 0.717) is 38.8 Å². The van der Waals surface area contributed by atoms with Crippen molar-refractivity contribution in [1.82, 2.24) is 9.55 Å². The molecule has 0 fully saturated rings. The maximum absolute atomic E-state index is 13.3. The number of aromatic nitrogens is 2. The van der Waals surface area contributed by atoms with Crippen molar-refractivity contribution in [3.8, 4) is 16.9 Å². The minimum absolute atomic E-state index is 0.0220. The van der Waals surface area contributed by atoms with Gasteiger partial charge in [0.05, 0.1) is 23.9 Å². The molecule has 7 nitrogen and oxygen atoms in total. The van der Waals surface area contributed by atoms with E-state index in [4.69, 9.17) is 16.3 Å². The van der Waals surface area contributed by atoms with Crippen LogP contribution in [0.1, 0.15) is 17.3 Å². The summed E-state index contributed by atoms with van der Waals surface area (Å²) in [7, 11) is 0. The molecule has 0 spiro atoms. The molecule has 0 N–H and O–H groups in total. The fraction of sp³-hybridized carbons (Fsp3) is 0.167. The van der Waals surface area contributed by atoms with E-state index in [1.807, 2.05) is 24.4 Å². The lowest BCUT2D eigenvalue weighted by Crippen LogP contribution is -2.38. The highest BCUT2D eigenvalue weighted by Crippen LogP contribution is 2.33. The van der Waals surface area contributed by atoms with Crippen molar-refractivity contribution in [2.24, 2.45) is 0 Å². The number of amides is 1. The van der Waals surface area contributed by atoms with Crippen molar-refractivity contribution in [3.63, 3.8) is 0 Å². The molecule has 0 aliphatic carbocycles. The highest BCUT2D eigenvalue weighted by Gasteiger charge is 2.25. The van der Waals surface area contributed by atoms with Gasteiger partial charge in [0.25, 0.3) is 11.5 Å². The molecular weight excluding hydrogens is 462 g/mol. The first-order valence-corrected chi connectivity index (χ1v) is 11.5. The first kappa shape index (κ1) is 21.4. The van der Waals surface area contributed by atoms with Gasteiger partial charge in [-0.3, -0.25) is 19.0 Å². The zero-order valence-electron chi connectivity index (χ0n) is 17.6. The lowest BCUT2D eigenvalue weighted by molar-refractivity contribution is -0.121. The molecule has 0 atom stereocenters. The van der Waals surface area contributed by atoms with E-state index in [0.717, 1.165) is 11.1 Å². The van der Waals surface area contributed by atoms with Crippen LogP contribution in [0.2, 0.25) is 5.02 Å². The maximum atomic E-state index is 13.3. The van der Waals surface area contributed by atoms with E-state index in [2.05, 4.69) is 4.98 Å². The Kier molecular flexibility index (Phi) is 5.47. The van der Waals surface area contributed by atoms with Crippen molar-refractivity contribution >= 4 is 50.5 Å². The van der Waals surface area contributed by atoms with Gasteiger partial charge in [-0.2, -0.15) is 0 Å². The normalized spacial score (nSPS) is 13.2. The van der Waals surface area contributed by atoms with Crippen LogP contribution in [0.5, 0.6) is 5.75 Å². The Bertz CT molecular complexity index is 1460. The number of carbonyl (C=O) groups excluding carboxylic acids is 2. The molecule has 2 aromatic carbocycles. The number of hydrogen-bond donors (Lipinski definition) is 0. The van der Waals surface area contributed by atoms with Crippen LogP contribution in [0.4, 0.5) is 5.69 Å². The van der Waals surface area contributed by atoms with Gasteiger partial charge in [0.1, 0.15) is 10.6 Å². The third-order valence-corrected chi connectivity index (χ3v) is 6.71. The smallest absolute Gasteiger partial charge is 0.265 e. The third kappa shape index (κ3) is 3.81. The van der Waals surface area contributed by atoms with Gasteiger partial charge in [0, 0.05) is 28.1 Å². The second-order valence-electron chi connectivity index (χ2n) is 7.55. The number of thiophene rings is 1. The van der Waals surface area contributed by atoms with Gasteiger partial charge in [-0.15, -0.1) is 11.3 Å². The van der Waals surface area contributed by atoms with Crippen LogP contribution in [-0.4, -0.2) is 34.4 Å². The van der Waals surface area contributed by atoms with Gasteiger partial charge >= 0.3 is 0 Å². The van der Waals surface area contributed by atoms with E-state index in [-0.39, 0.29) is 30.4 Å². The molecule has 33 heavy (non-hydrogen) atoms. The van der Waals surface area contributed by atoms with Crippen LogP contribution in [0.15, 0.2) is 59.0 Å². The molecule has 0 saturated carbocycles. The first-order chi connectivity index (χ1) is 16.0. The zero-order valence-corrected chi connectivity index (χ0v) is 19.2. The highest BCUT2D eigenvalue weighted by molar-refractivity contribution is 7.17. The predicted octanol–water partition coefficient (Wildman–Crippen LogP) is 4.41. The van der Waals surface area contributed by atoms with Gasteiger partial charge in [-0.1, -0.05) is 23.7 Å². The number of fused-ring (bicyclic) bond motifs is 2. The van der Waals surface area contributed by atoms with Crippen molar-refractivity contribution in [2.45, 2.75) is 13.5 Å². The third-order valence-electron chi connectivity index (χ3n) is 5.57. The predicted molar refractivity (Wildman–Crippen MR) is 129 cm³/mol. The molecule has 1 amide bonds. The molecule has 1 aliphatic rings. The Morgan fingerprint density at radius 3 is 2.73 bits per heavy atom. The molecule has 1 aliphatic heterocycles. The van der Waals surface area contributed by atoms with E-state index in [9.17, 15) is 14.4 Å². The number of anilines is 1. The summed E-state index contributed by atoms with van der Waals surface area (Å²) in [6, 6.07) is 12.2. The quantitative estimate of drug-likeness (QED) is 0.396. The molecule has 0 bridgehead atoms. The zero-order chi connectivity index (χ0) is 23.1. The molecule has 9 heteroatoms. The van der Waals surface area contributed by atoms with Gasteiger partial charge < -0.3 is 9.64 Å². The largest absolute Gasteiger partial charge is 0.482 e. The standard InChI is InChI=1S/C24H18ClN3O4S/c1-2-28-18-9-15(5-8-20(18)32-11-21(28)30)19(29)10-27-13-26-23-22(24(27)31)17(12-33-23)14-3-6-16(25)7-4-14/h3-9,12-13H,2,10-11H2,1H3. The second kappa shape index (κ2) is 8.46. The molecule has 3 heterocycles. The summed E-state index contributed by atoms with van der Waals surface area (Å²) in [6.45, 7) is 2.14. The molecule has 4 aromatic rings. The van der Waals surface area contributed by atoms with Crippen molar-refractivity contribution < 1.29 is 14.3 Å². The summed E-state index contributed by atoms with van der Waals surface area (Å²) >= 11 is 7.37. The summed E-state index contributed by atoms with van der Waals surface area (Å²) in [5.41, 5.74) is 2.27. The van der Waals surface area contributed by atoms with E-state index < -0.39 is 0 Å². The second-order valence-corrected chi connectivity index (χ2v) is 8.84. The number of carbonyl (C=O) groups is 2. The monoisotopic (exact) mass is 479 g/mol. The van der Waals surface area contributed by atoms with Gasteiger partial charge in [-0.25, -0.2) is 4.98 Å². The lowest BCUT2D eigenvalue weighted by atomic mass is 10.1. The fourth-order valence-electron chi connectivity index (χ4n) is 3.89. The molecule has 2 aromatic heterocycles. The van der Waals surface area contributed by atoms with Crippen LogP contribution in [0.3, 0.4) is 0 Å². The van der Waals surface area contributed by atoms with Crippen molar-refractivity contribution in [3.05, 3.63) is 75.1 Å². The SMILES string of the molecule is CCN1C(=O)COc2ccc(C(=O)Cn3cnc4scc(-c5ccc(Cl)cc5)c4c3=O)cc21. The number of ether oxygens (including phenoxy) is 1. The summed E-state index contributed by atoms with van der Waals surface area (Å²) in [4.78, 5) is 45.0. The molecule has 0 radical (unpaired) electrons. The summed E-state index contributed by atoms with van der Waals surface area (Å²) in [5, 5.41) is 2.96. The number of ketones is 1. The van der Waals surface area contributed by atoms with Gasteiger partial charge in [-0.05, 0) is 42.8 Å². The van der Waals surface area contributed by atoms with Crippen LogP contribution < -0.4 is 15.2 Å². The van der Waals surface area contributed by atoms with E-state index >= 15 is 0 Å². The minimum Gasteiger partial charge on any atom is -0.482 e. The Morgan fingerprint density at radius 2 is 1.97 bits per heavy atom. The minimum atomic E-state index is -0.286. The lowest BCUT2D eigenvalue weighted by Gasteiger charge is -2.28. The van der Waals surface area contributed by atoms with E-state index in [1.165, 1.54) is 22.2 Å². The number of Topliss-reactive ketones (excluding diaryl/α,β-unsaturated/α-hetero) is 1. The fourth-order valence-corrected chi connectivity index (χ4v) is 4.92. The van der Waals surface area contributed by atoms with Crippen LogP contribution >= 0.6 is 22.9 Å². The summed E-state index contributed by atoms with van der Waals surface area (Å²) < 4.78 is 6.78. The Labute approximate surface area is 197 Å². The highest BCUT2D eigenvalue weighted by atomic mass is 35.5. The van der Waals surface area contributed by atoms with E-state index in [1.54, 1.807) is 35.2 Å². The van der Waals surface area contributed by atoms with Crippen LogP contribution in [0.25, 0.3) is 21.3 Å². The molecule has 0 saturated heterocycles. The summed E-state index contributed by atoms with van der Waals surface area (Å²) in [5.74, 6) is 0.130. The maximum Gasteiger partial charge on any atom is 0.265 e. The molecule has 166 valence electrons. The number of benzene rings is 2. The molecular formula is C24H18ClN3O4S. The topological polar surface area (TPSA) is 81.5 Å². The number of likely N-dealkylation sites (N-methyl/N-ethyl adjacent to an activating group) is 1. The Balaban J connectivity index is 1.49. The average Bonchev–Trinajstić information content (AvgIpc) is 3.26. The van der Waals surface area contributed by atoms with Crippen molar-refractivity contribution in [2.75, 3.05) is 18.1 Å². The Hall–Kier alpha value is -3.49. The molecule has 5 rings (SSSR count). The Morgan fingerprint density at radius 1 is 1.18 bits per heavy atom. The number of hydrogen-bond acceptors (Lipinski definition) is 6. The van der Waals surface area contributed by atoms with Crippen LogP contribution in [-0.2, 0) is 11.3 Å². The van der Waals surface area contributed by atoms with Crippen molar-refractivity contribution in [1.29, 1.82) is 0 Å². The average molecular weight is 480 g/mol. The first-order valence-electron chi connectivity index (χ1n) is 10.3. The van der Waals surface area contributed by atoms with Crippen LogP contribution in [0, 0.1) is 0 Å². The molecule has 0 unspecified atom stereocenters. The number of nitrogens with zero attached hydrogens (tertiary/aromatic N) is 3. The van der Waals surface area contributed by atoms with Gasteiger partial charge in [0.15, 0.2) is 12.4 Å². The van der Waals surface area contributed by atoms with Gasteiger partial charge in [0.2, 0.25) is 0 Å².